The van der Waals surface area contributed by atoms with Crippen LogP contribution in [0.2, 0.25) is 10.3 Å². The SMILES string of the molecule is CC(C)(C)OC(=O)NC1(c2cc(Cl)nc(Cl)c2)CC1. The summed E-state index contributed by atoms with van der Waals surface area (Å²) in [4.78, 5) is 15.7. The summed E-state index contributed by atoms with van der Waals surface area (Å²) in [5.74, 6) is 0. The maximum atomic E-state index is 11.8. The summed E-state index contributed by atoms with van der Waals surface area (Å²) in [6.07, 6.45) is 1.24. The zero-order valence-corrected chi connectivity index (χ0v) is 12.6. The molecule has 1 saturated carbocycles. The highest BCUT2D eigenvalue weighted by Crippen LogP contribution is 2.46. The molecule has 1 heterocycles. The second-order valence-electron chi connectivity index (χ2n) is 5.71. The van der Waals surface area contributed by atoms with Crippen molar-refractivity contribution >= 4 is 29.3 Å². The molecule has 2 rings (SSSR count). The maximum Gasteiger partial charge on any atom is 0.408 e. The Bertz CT molecular complexity index is 488. The van der Waals surface area contributed by atoms with Gasteiger partial charge in [-0.15, -0.1) is 0 Å². The Labute approximate surface area is 122 Å². The summed E-state index contributed by atoms with van der Waals surface area (Å²) in [5.41, 5.74) is -0.0740. The number of ether oxygens (including phenoxy) is 1. The minimum atomic E-state index is -0.520. The molecule has 19 heavy (non-hydrogen) atoms. The first-order valence-corrected chi connectivity index (χ1v) is 6.81. The van der Waals surface area contributed by atoms with E-state index in [0.717, 1.165) is 18.4 Å². The number of amides is 1. The minimum Gasteiger partial charge on any atom is -0.444 e. The fraction of sp³-hybridized carbons (Fsp3) is 0.538. The molecule has 0 bridgehead atoms. The van der Waals surface area contributed by atoms with Gasteiger partial charge in [0.25, 0.3) is 0 Å². The molecule has 1 aromatic heterocycles. The summed E-state index contributed by atoms with van der Waals surface area (Å²) in [6, 6.07) is 3.44. The van der Waals surface area contributed by atoms with E-state index in [0.29, 0.717) is 10.3 Å². The van der Waals surface area contributed by atoms with Gasteiger partial charge in [0.1, 0.15) is 15.9 Å². The molecule has 0 atom stereocenters. The van der Waals surface area contributed by atoms with E-state index in [1.165, 1.54) is 0 Å². The third-order valence-corrected chi connectivity index (χ3v) is 3.19. The van der Waals surface area contributed by atoms with Gasteiger partial charge in [0.15, 0.2) is 0 Å². The van der Waals surface area contributed by atoms with Crippen molar-refractivity contribution in [2.75, 3.05) is 0 Å². The molecule has 1 aliphatic carbocycles. The molecule has 6 heteroatoms. The van der Waals surface area contributed by atoms with Crippen LogP contribution in [-0.2, 0) is 10.3 Å². The summed E-state index contributed by atoms with van der Waals surface area (Å²) in [6.45, 7) is 5.48. The van der Waals surface area contributed by atoms with Crippen LogP contribution in [0.5, 0.6) is 0 Å². The smallest absolute Gasteiger partial charge is 0.408 e. The van der Waals surface area contributed by atoms with E-state index < -0.39 is 17.2 Å². The van der Waals surface area contributed by atoms with Crippen LogP contribution in [0, 0.1) is 0 Å². The van der Waals surface area contributed by atoms with Crippen molar-refractivity contribution in [3.05, 3.63) is 28.0 Å². The average Bonchev–Trinajstić information content (AvgIpc) is 2.93. The van der Waals surface area contributed by atoms with Gasteiger partial charge < -0.3 is 10.1 Å². The number of pyridine rings is 1. The molecule has 1 aliphatic rings. The van der Waals surface area contributed by atoms with E-state index >= 15 is 0 Å². The van der Waals surface area contributed by atoms with Crippen molar-refractivity contribution in [1.82, 2.24) is 10.3 Å². The molecule has 1 amide bonds. The van der Waals surface area contributed by atoms with Gasteiger partial charge in [0.2, 0.25) is 0 Å². The van der Waals surface area contributed by atoms with Gasteiger partial charge >= 0.3 is 6.09 Å². The standard InChI is InChI=1S/C13H16Cl2N2O2/c1-12(2,3)19-11(18)17-13(4-5-13)8-6-9(14)16-10(15)7-8/h6-7H,4-5H2,1-3H3,(H,17,18). The molecule has 0 saturated heterocycles. The van der Waals surface area contributed by atoms with Gasteiger partial charge in [0, 0.05) is 0 Å². The van der Waals surface area contributed by atoms with Gasteiger partial charge in [-0.05, 0) is 51.3 Å². The van der Waals surface area contributed by atoms with Crippen molar-refractivity contribution < 1.29 is 9.53 Å². The lowest BCUT2D eigenvalue weighted by Crippen LogP contribution is -2.39. The molecule has 1 fully saturated rings. The summed E-state index contributed by atoms with van der Waals surface area (Å²) < 4.78 is 5.26. The molecule has 1 N–H and O–H groups in total. The predicted octanol–water partition coefficient (Wildman–Crippen LogP) is 3.90. The van der Waals surface area contributed by atoms with E-state index in [9.17, 15) is 4.79 Å². The number of halogens is 2. The van der Waals surface area contributed by atoms with E-state index in [4.69, 9.17) is 27.9 Å². The topological polar surface area (TPSA) is 51.2 Å². The van der Waals surface area contributed by atoms with E-state index in [2.05, 4.69) is 10.3 Å². The number of nitrogens with one attached hydrogen (secondary N) is 1. The van der Waals surface area contributed by atoms with Crippen LogP contribution in [0.1, 0.15) is 39.2 Å². The van der Waals surface area contributed by atoms with Crippen LogP contribution >= 0.6 is 23.2 Å². The number of aromatic nitrogens is 1. The zero-order chi connectivity index (χ0) is 14.3. The maximum absolute atomic E-state index is 11.8. The number of carbonyl (C=O) groups is 1. The van der Waals surface area contributed by atoms with Crippen LogP contribution in [0.3, 0.4) is 0 Å². The number of hydrogen-bond acceptors (Lipinski definition) is 3. The Morgan fingerprint density at radius 3 is 2.26 bits per heavy atom. The van der Waals surface area contributed by atoms with Gasteiger partial charge in [0.05, 0.1) is 5.54 Å². The third kappa shape index (κ3) is 3.74. The first-order valence-electron chi connectivity index (χ1n) is 6.05. The molecule has 0 spiro atoms. The number of nitrogens with zero attached hydrogens (tertiary/aromatic N) is 1. The highest BCUT2D eigenvalue weighted by molar-refractivity contribution is 6.32. The van der Waals surface area contributed by atoms with Crippen molar-refractivity contribution in [2.24, 2.45) is 0 Å². The van der Waals surface area contributed by atoms with Gasteiger partial charge in [-0.1, -0.05) is 23.2 Å². The molecule has 0 radical (unpaired) electrons. The fourth-order valence-corrected chi connectivity index (χ4v) is 2.31. The lowest BCUT2D eigenvalue weighted by Gasteiger charge is -2.23. The first-order chi connectivity index (χ1) is 8.70. The predicted molar refractivity (Wildman–Crippen MR) is 74.5 cm³/mol. The van der Waals surface area contributed by atoms with Crippen LogP contribution in [-0.4, -0.2) is 16.7 Å². The zero-order valence-electron chi connectivity index (χ0n) is 11.1. The molecular weight excluding hydrogens is 287 g/mol. The summed E-state index contributed by atoms with van der Waals surface area (Å²) in [7, 11) is 0. The van der Waals surface area contributed by atoms with Crippen molar-refractivity contribution in [3.8, 4) is 0 Å². The lowest BCUT2D eigenvalue weighted by molar-refractivity contribution is 0.0495. The first kappa shape index (κ1) is 14.4. The largest absolute Gasteiger partial charge is 0.444 e. The third-order valence-electron chi connectivity index (χ3n) is 2.81. The van der Waals surface area contributed by atoms with Crippen LogP contribution < -0.4 is 5.32 Å². The number of carbonyl (C=O) groups excluding carboxylic acids is 1. The van der Waals surface area contributed by atoms with Gasteiger partial charge in [-0.3, -0.25) is 0 Å². The van der Waals surface area contributed by atoms with Crippen LogP contribution in [0.15, 0.2) is 12.1 Å². The fourth-order valence-electron chi connectivity index (χ4n) is 1.85. The molecular formula is C13H16Cl2N2O2. The Kier molecular flexibility index (Phi) is 3.67. The van der Waals surface area contributed by atoms with Gasteiger partial charge in [-0.25, -0.2) is 9.78 Å². The summed E-state index contributed by atoms with van der Waals surface area (Å²) >= 11 is 11.8. The van der Waals surface area contributed by atoms with Crippen molar-refractivity contribution in [1.29, 1.82) is 0 Å². The van der Waals surface area contributed by atoms with E-state index in [1.54, 1.807) is 12.1 Å². The van der Waals surface area contributed by atoms with Crippen LogP contribution in [0.4, 0.5) is 4.79 Å². The Balaban J connectivity index is 2.13. The molecule has 0 aliphatic heterocycles. The number of hydrogen-bond donors (Lipinski definition) is 1. The Hall–Kier alpha value is -1.00. The quantitative estimate of drug-likeness (QED) is 0.843. The molecule has 104 valence electrons. The Morgan fingerprint density at radius 2 is 1.84 bits per heavy atom. The second kappa shape index (κ2) is 4.84. The van der Waals surface area contributed by atoms with E-state index in [-0.39, 0.29) is 0 Å². The summed E-state index contributed by atoms with van der Waals surface area (Å²) in [5, 5.41) is 3.53. The van der Waals surface area contributed by atoms with Crippen LogP contribution in [0.25, 0.3) is 0 Å². The van der Waals surface area contributed by atoms with Crippen molar-refractivity contribution in [3.63, 3.8) is 0 Å². The Morgan fingerprint density at radius 1 is 1.32 bits per heavy atom. The number of alkyl carbamates (subject to hydrolysis) is 1. The second-order valence-corrected chi connectivity index (χ2v) is 6.48. The molecule has 0 unspecified atom stereocenters. The highest BCUT2D eigenvalue weighted by Gasteiger charge is 2.47. The molecule has 4 nitrogen and oxygen atoms in total. The number of rotatable bonds is 2. The lowest BCUT2D eigenvalue weighted by atomic mass is 10.1. The average molecular weight is 303 g/mol. The van der Waals surface area contributed by atoms with Gasteiger partial charge in [-0.2, -0.15) is 0 Å². The monoisotopic (exact) mass is 302 g/mol. The van der Waals surface area contributed by atoms with E-state index in [1.807, 2.05) is 20.8 Å². The normalized spacial score (nSPS) is 16.9. The van der Waals surface area contributed by atoms with Crippen molar-refractivity contribution in [2.45, 2.75) is 44.8 Å². The molecule has 0 aromatic carbocycles. The molecule has 1 aromatic rings. The minimum absolute atomic E-state index is 0.319. The highest BCUT2D eigenvalue weighted by atomic mass is 35.5.